The SMILES string of the molecule is COC(=O)NC(C(=O)N1C2CCCC2C[C@H]1c1ncc(-c2ccc3c(c2)-c2ccc(-c4cnc(C5CC6CCCC6N5C)[nH]4)cc2-3)[nH]1)C(C)OC.COC(=O)NC(C=O)C(C)OC. The Morgan fingerprint density at radius 1 is 0.714 bits per heavy atom. The Labute approximate surface area is 368 Å². The zero-order valence-corrected chi connectivity index (χ0v) is 37.2. The Kier molecular flexibility index (Phi) is 13.0. The second-order valence-corrected chi connectivity index (χ2v) is 17.6. The Morgan fingerprint density at radius 2 is 1.24 bits per heavy atom. The summed E-state index contributed by atoms with van der Waals surface area (Å²) in [5.41, 5.74) is 9.18. The van der Waals surface area contributed by atoms with E-state index in [1.807, 2.05) is 17.3 Å². The smallest absolute Gasteiger partial charge is 0.407 e. The molecule has 336 valence electrons. The first-order chi connectivity index (χ1) is 30.5. The number of methoxy groups -OCH3 is 4. The van der Waals surface area contributed by atoms with Crippen molar-refractivity contribution < 1.29 is 38.1 Å². The van der Waals surface area contributed by atoms with Gasteiger partial charge in [0.2, 0.25) is 5.91 Å². The molecule has 5 aliphatic rings. The lowest BCUT2D eigenvalue weighted by atomic mass is 9.78. The number of carbonyl (C=O) groups is 4. The number of alkyl carbamates (subject to hydrolysis) is 2. The number of aromatic amines is 2. The van der Waals surface area contributed by atoms with Gasteiger partial charge in [0.1, 0.15) is 30.0 Å². The van der Waals surface area contributed by atoms with Crippen LogP contribution in [0, 0.1) is 11.8 Å². The standard InChI is InChI=1S/C40H47N7O4.C7H13NO4/c1-21(50-3)36(45-40(49)51-4)39(48)47-33-10-6-8-25(33)18-35(47)38-42-20-31(44-38)23-12-14-27-28-15-22(11-13-26(28)29(27)16-23)30-19-41-37(43-30)34-17-24-7-5-9-32(24)46(34)2;1-5(11-2)6(4-9)8-7(10)12-3/h11-16,19-21,24-25,32-36H,5-10,17-18H2,1-4H3,(H,41,43)(H,42,44)(H,45,49);4-6H,1-3H3,(H,8,10)/t21?,24?,25?,32?,33?,34?,35-,36?;/m0./s1. The van der Waals surface area contributed by atoms with Gasteiger partial charge < -0.3 is 49.2 Å². The first-order valence-electron chi connectivity index (χ1n) is 22.1. The molecule has 4 aromatic rings. The molecule has 3 amide bonds. The number of hydrogen-bond donors (Lipinski definition) is 4. The predicted molar refractivity (Wildman–Crippen MR) is 235 cm³/mol. The zero-order valence-electron chi connectivity index (χ0n) is 37.2. The van der Waals surface area contributed by atoms with Crippen molar-refractivity contribution in [1.82, 2.24) is 40.4 Å². The summed E-state index contributed by atoms with van der Waals surface area (Å²) >= 11 is 0. The fraction of sp³-hybridized carbons (Fsp3) is 0.532. The molecule has 2 aromatic heterocycles. The van der Waals surface area contributed by atoms with Gasteiger partial charge in [-0.1, -0.05) is 37.1 Å². The molecule has 0 spiro atoms. The zero-order chi connectivity index (χ0) is 44.5. The Morgan fingerprint density at radius 3 is 1.78 bits per heavy atom. The van der Waals surface area contributed by atoms with Crippen molar-refractivity contribution >= 4 is 24.4 Å². The average Bonchev–Trinajstić information content (AvgIpc) is 4.17. The largest absolute Gasteiger partial charge is 0.453 e. The molecule has 9 unspecified atom stereocenters. The summed E-state index contributed by atoms with van der Waals surface area (Å²) < 4.78 is 19.5. The van der Waals surface area contributed by atoms with Gasteiger partial charge in [-0.2, -0.15) is 0 Å². The van der Waals surface area contributed by atoms with Gasteiger partial charge >= 0.3 is 12.2 Å². The Bertz CT molecular complexity index is 2310. The van der Waals surface area contributed by atoms with Crippen LogP contribution in [-0.4, -0.2) is 126 Å². The number of imidazole rings is 2. The molecule has 4 N–H and O–H groups in total. The van der Waals surface area contributed by atoms with Crippen LogP contribution in [0.4, 0.5) is 9.59 Å². The summed E-state index contributed by atoms with van der Waals surface area (Å²) in [5, 5.41) is 5.03. The fourth-order valence-electron chi connectivity index (χ4n) is 10.7. The molecule has 63 heavy (non-hydrogen) atoms. The van der Waals surface area contributed by atoms with E-state index in [-0.39, 0.29) is 24.1 Å². The van der Waals surface area contributed by atoms with E-state index in [0.717, 1.165) is 65.8 Å². The molecule has 4 fully saturated rings. The number of benzene rings is 2. The van der Waals surface area contributed by atoms with Gasteiger partial charge in [0, 0.05) is 37.4 Å². The number of nitrogens with zero attached hydrogens (tertiary/aromatic N) is 4. The lowest BCUT2D eigenvalue weighted by Gasteiger charge is -2.34. The minimum Gasteiger partial charge on any atom is -0.453 e. The summed E-state index contributed by atoms with van der Waals surface area (Å²) in [6.45, 7) is 3.46. The molecule has 2 saturated carbocycles. The second kappa shape index (κ2) is 18.6. The molecule has 0 radical (unpaired) electrons. The van der Waals surface area contributed by atoms with Crippen molar-refractivity contribution in [2.75, 3.05) is 35.5 Å². The average molecular weight is 865 g/mol. The van der Waals surface area contributed by atoms with Crippen molar-refractivity contribution in [3.63, 3.8) is 0 Å². The van der Waals surface area contributed by atoms with E-state index in [9.17, 15) is 19.2 Å². The number of amides is 3. The highest BCUT2D eigenvalue weighted by Gasteiger charge is 2.50. The summed E-state index contributed by atoms with van der Waals surface area (Å²) in [4.78, 5) is 68.9. The van der Waals surface area contributed by atoms with Gasteiger partial charge in [0.15, 0.2) is 0 Å². The molecular weight excluding hydrogens is 805 g/mol. The van der Waals surface area contributed by atoms with Crippen LogP contribution in [0.25, 0.3) is 44.8 Å². The van der Waals surface area contributed by atoms with E-state index < -0.39 is 30.4 Å². The third-order valence-electron chi connectivity index (χ3n) is 14.4. The summed E-state index contributed by atoms with van der Waals surface area (Å²) in [6, 6.07) is 12.7. The monoisotopic (exact) mass is 864 g/mol. The number of likely N-dealkylation sites (tertiary alicyclic amines) is 2. The van der Waals surface area contributed by atoms with E-state index in [4.69, 9.17) is 24.2 Å². The van der Waals surface area contributed by atoms with E-state index in [0.29, 0.717) is 24.3 Å². The van der Waals surface area contributed by atoms with E-state index >= 15 is 0 Å². The first kappa shape index (κ1) is 44.0. The highest BCUT2D eigenvalue weighted by Crippen LogP contribution is 2.51. The lowest BCUT2D eigenvalue weighted by molar-refractivity contribution is -0.140. The van der Waals surface area contributed by atoms with Crippen molar-refractivity contribution in [3.05, 3.63) is 60.4 Å². The van der Waals surface area contributed by atoms with Crippen LogP contribution >= 0.6 is 0 Å². The number of fused-ring (bicyclic) bond motifs is 6. The Balaban J connectivity index is 0.000000399. The van der Waals surface area contributed by atoms with Gasteiger partial charge in [-0.25, -0.2) is 19.6 Å². The maximum Gasteiger partial charge on any atom is 0.407 e. The van der Waals surface area contributed by atoms with Crippen LogP contribution in [0.1, 0.15) is 88.9 Å². The molecule has 2 saturated heterocycles. The minimum atomic E-state index is -0.865. The van der Waals surface area contributed by atoms with Gasteiger partial charge in [-0.05, 0) is 106 Å². The third kappa shape index (κ3) is 8.47. The van der Waals surface area contributed by atoms with Crippen LogP contribution in [-0.2, 0) is 28.5 Å². The highest BCUT2D eigenvalue weighted by atomic mass is 16.5. The number of nitrogens with one attached hydrogen (secondary N) is 4. The van der Waals surface area contributed by atoms with Crippen molar-refractivity contribution in [1.29, 1.82) is 0 Å². The molecule has 4 heterocycles. The molecule has 3 aliphatic carbocycles. The summed E-state index contributed by atoms with van der Waals surface area (Å²) in [7, 11) is 7.80. The fourth-order valence-corrected chi connectivity index (χ4v) is 10.7. The van der Waals surface area contributed by atoms with Gasteiger partial charge in [-0.3, -0.25) is 9.69 Å². The van der Waals surface area contributed by atoms with Gasteiger partial charge in [-0.15, -0.1) is 0 Å². The molecular formula is C47H60N8O8. The molecule has 2 aliphatic heterocycles. The first-order valence-corrected chi connectivity index (χ1v) is 22.1. The molecule has 0 bridgehead atoms. The number of H-pyrrole nitrogens is 2. The molecule has 9 rings (SSSR count). The highest BCUT2D eigenvalue weighted by molar-refractivity contribution is 6.04. The molecule has 10 atom stereocenters. The van der Waals surface area contributed by atoms with Crippen molar-refractivity contribution in [2.24, 2.45) is 11.8 Å². The third-order valence-corrected chi connectivity index (χ3v) is 14.4. The minimum absolute atomic E-state index is 0.108. The van der Waals surface area contributed by atoms with Crippen LogP contribution in [0.5, 0.6) is 0 Å². The molecule has 16 heteroatoms. The van der Waals surface area contributed by atoms with Crippen molar-refractivity contribution in [2.45, 2.75) is 114 Å². The summed E-state index contributed by atoms with van der Waals surface area (Å²) in [5.74, 6) is 2.90. The van der Waals surface area contributed by atoms with E-state index in [1.165, 1.54) is 69.3 Å². The summed E-state index contributed by atoms with van der Waals surface area (Å²) in [6.07, 6.45) is 11.5. The normalized spacial score (nSPS) is 24.9. The number of ether oxygens (including phenoxy) is 4. The Hall–Kier alpha value is -5.58. The van der Waals surface area contributed by atoms with E-state index in [1.54, 1.807) is 21.0 Å². The predicted octanol–water partition coefficient (Wildman–Crippen LogP) is 6.81. The molecule has 16 nitrogen and oxygen atoms in total. The van der Waals surface area contributed by atoms with Crippen molar-refractivity contribution in [3.8, 4) is 44.8 Å². The van der Waals surface area contributed by atoms with E-state index in [2.05, 4.69) is 73.7 Å². The number of carbonyl (C=O) groups excluding carboxylic acids is 4. The molecule has 2 aromatic carbocycles. The topological polar surface area (TPSA) is 193 Å². The van der Waals surface area contributed by atoms with Gasteiger partial charge in [0.25, 0.3) is 0 Å². The lowest BCUT2D eigenvalue weighted by Crippen LogP contribution is -2.55. The number of rotatable bonds is 12. The second-order valence-electron chi connectivity index (χ2n) is 17.6. The van der Waals surface area contributed by atoms with Crippen LogP contribution in [0.15, 0.2) is 48.8 Å². The number of aldehydes is 1. The number of hydrogen-bond acceptors (Lipinski definition) is 11. The quantitative estimate of drug-likeness (QED) is 0.0964. The van der Waals surface area contributed by atoms with Crippen LogP contribution in [0.2, 0.25) is 0 Å². The van der Waals surface area contributed by atoms with Crippen LogP contribution < -0.4 is 10.6 Å². The van der Waals surface area contributed by atoms with Crippen LogP contribution in [0.3, 0.4) is 0 Å². The maximum atomic E-state index is 14.2. The number of aromatic nitrogens is 4. The van der Waals surface area contributed by atoms with Gasteiger partial charge in [0.05, 0.1) is 62.3 Å². The maximum absolute atomic E-state index is 14.2.